The van der Waals surface area contributed by atoms with E-state index in [1.165, 1.54) is 11.3 Å². The highest BCUT2D eigenvalue weighted by molar-refractivity contribution is 7.13. The number of fused-ring (bicyclic) bond motifs is 1. The van der Waals surface area contributed by atoms with Crippen LogP contribution in [0, 0.1) is 0 Å². The minimum absolute atomic E-state index is 0.0667. The van der Waals surface area contributed by atoms with Crippen molar-refractivity contribution in [1.82, 2.24) is 25.0 Å². The van der Waals surface area contributed by atoms with Gasteiger partial charge in [-0.05, 0) is 30.7 Å². The van der Waals surface area contributed by atoms with Gasteiger partial charge in [0, 0.05) is 37.6 Å². The maximum Gasteiger partial charge on any atom is 0.263 e. The third-order valence-electron chi connectivity index (χ3n) is 4.07. The van der Waals surface area contributed by atoms with Crippen LogP contribution in [0.4, 0.5) is 0 Å². The summed E-state index contributed by atoms with van der Waals surface area (Å²) in [4.78, 5) is 21.6. The van der Waals surface area contributed by atoms with E-state index in [0.717, 1.165) is 35.7 Å². The molecule has 1 atom stereocenters. The van der Waals surface area contributed by atoms with Crippen molar-refractivity contribution in [3.8, 4) is 0 Å². The van der Waals surface area contributed by atoms with Crippen molar-refractivity contribution >= 4 is 22.9 Å². The highest BCUT2D eigenvalue weighted by atomic mass is 32.1. The lowest BCUT2D eigenvalue weighted by atomic mass is 10.1. The number of hydrogen-bond acceptors (Lipinski definition) is 5. The van der Waals surface area contributed by atoms with Crippen molar-refractivity contribution in [2.45, 2.75) is 18.9 Å². The predicted molar refractivity (Wildman–Crippen MR) is 88.7 cm³/mol. The van der Waals surface area contributed by atoms with Crippen LogP contribution in [0.2, 0.25) is 0 Å². The number of amides is 1. The van der Waals surface area contributed by atoms with Crippen LogP contribution in [0.5, 0.6) is 0 Å². The number of rotatable bonds is 4. The van der Waals surface area contributed by atoms with Crippen molar-refractivity contribution in [2.75, 3.05) is 13.1 Å². The first-order valence-corrected chi connectivity index (χ1v) is 8.47. The van der Waals surface area contributed by atoms with Crippen LogP contribution in [0.1, 0.15) is 32.6 Å². The SMILES string of the molecule is O=C(NCc1ccn2ccnc2c1)c1cnc(C2CCNC2)s1. The quantitative estimate of drug-likeness (QED) is 0.766. The lowest BCUT2D eigenvalue weighted by Gasteiger charge is -2.04. The maximum absolute atomic E-state index is 12.3. The van der Waals surface area contributed by atoms with Gasteiger partial charge >= 0.3 is 0 Å². The van der Waals surface area contributed by atoms with Crippen molar-refractivity contribution < 1.29 is 4.79 Å². The Balaban J connectivity index is 1.41. The Labute approximate surface area is 137 Å². The van der Waals surface area contributed by atoms with Gasteiger partial charge in [0.15, 0.2) is 0 Å². The molecular formula is C16H17N5OS. The van der Waals surface area contributed by atoms with Crippen molar-refractivity contribution in [1.29, 1.82) is 0 Å². The van der Waals surface area contributed by atoms with Gasteiger partial charge in [-0.25, -0.2) is 9.97 Å². The lowest BCUT2D eigenvalue weighted by molar-refractivity contribution is 0.0954. The molecule has 4 rings (SSSR count). The normalized spacial score (nSPS) is 17.7. The third-order valence-corrected chi connectivity index (χ3v) is 5.23. The summed E-state index contributed by atoms with van der Waals surface area (Å²) in [5.74, 6) is 0.382. The van der Waals surface area contributed by atoms with Crippen molar-refractivity contribution in [3.63, 3.8) is 0 Å². The molecule has 3 aromatic heterocycles. The molecule has 2 N–H and O–H groups in total. The van der Waals surface area contributed by atoms with Crippen molar-refractivity contribution in [3.05, 3.63) is 52.4 Å². The minimum Gasteiger partial charge on any atom is -0.347 e. The predicted octanol–water partition coefficient (Wildman–Crippen LogP) is 1.80. The van der Waals surface area contributed by atoms with Crippen LogP contribution in [-0.4, -0.2) is 33.4 Å². The summed E-state index contributed by atoms with van der Waals surface area (Å²) in [5.41, 5.74) is 1.91. The molecule has 1 unspecified atom stereocenters. The average molecular weight is 327 g/mol. The van der Waals surface area contributed by atoms with E-state index in [2.05, 4.69) is 20.6 Å². The van der Waals surface area contributed by atoms with E-state index >= 15 is 0 Å². The minimum atomic E-state index is -0.0667. The molecule has 3 aromatic rings. The molecule has 0 radical (unpaired) electrons. The van der Waals surface area contributed by atoms with Crippen LogP contribution in [0.3, 0.4) is 0 Å². The molecule has 1 aliphatic rings. The van der Waals surface area contributed by atoms with Gasteiger partial charge in [0.2, 0.25) is 0 Å². The van der Waals surface area contributed by atoms with Gasteiger partial charge in [0.1, 0.15) is 10.5 Å². The molecule has 4 heterocycles. The zero-order valence-electron chi connectivity index (χ0n) is 12.5. The zero-order valence-corrected chi connectivity index (χ0v) is 13.3. The maximum atomic E-state index is 12.3. The average Bonchev–Trinajstić information content (AvgIpc) is 3.32. The fraction of sp³-hybridized carbons (Fsp3) is 0.312. The van der Waals surface area contributed by atoms with Gasteiger partial charge in [0.25, 0.3) is 5.91 Å². The van der Waals surface area contributed by atoms with Gasteiger partial charge < -0.3 is 15.0 Å². The molecule has 0 saturated carbocycles. The van der Waals surface area contributed by atoms with E-state index in [-0.39, 0.29) is 5.91 Å². The number of thiazole rings is 1. The summed E-state index contributed by atoms with van der Waals surface area (Å²) in [6.07, 6.45) is 8.38. The van der Waals surface area contributed by atoms with E-state index in [1.807, 2.05) is 28.9 Å². The molecule has 1 saturated heterocycles. The van der Waals surface area contributed by atoms with E-state index in [4.69, 9.17) is 0 Å². The Bertz CT molecular complexity index is 834. The standard InChI is InChI=1S/C16H17N5OS/c22-15(13-10-20-16(23-13)12-1-3-17-9-12)19-8-11-2-5-21-6-4-18-14(21)7-11/h2,4-7,10,12,17H,1,3,8-9H2,(H,19,22). The summed E-state index contributed by atoms with van der Waals surface area (Å²) in [6.45, 7) is 2.47. The summed E-state index contributed by atoms with van der Waals surface area (Å²) in [7, 11) is 0. The van der Waals surface area contributed by atoms with Crippen molar-refractivity contribution in [2.24, 2.45) is 0 Å². The molecule has 6 nitrogen and oxygen atoms in total. The Morgan fingerprint density at radius 1 is 1.43 bits per heavy atom. The number of pyridine rings is 1. The number of carbonyl (C=O) groups excluding carboxylic acids is 1. The second kappa shape index (κ2) is 6.10. The molecular weight excluding hydrogens is 310 g/mol. The lowest BCUT2D eigenvalue weighted by Crippen LogP contribution is -2.21. The molecule has 1 fully saturated rings. The highest BCUT2D eigenvalue weighted by Crippen LogP contribution is 2.26. The molecule has 1 aliphatic heterocycles. The third kappa shape index (κ3) is 2.97. The molecule has 0 bridgehead atoms. The zero-order chi connectivity index (χ0) is 15.6. The monoisotopic (exact) mass is 327 g/mol. The topological polar surface area (TPSA) is 71.3 Å². The number of hydrogen-bond donors (Lipinski definition) is 2. The molecule has 0 spiro atoms. The first-order valence-electron chi connectivity index (χ1n) is 7.66. The number of nitrogens with zero attached hydrogens (tertiary/aromatic N) is 3. The molecule has 1 amide bonds. The molecule has 23 heavy (non-hydrogen) atoms. The van der Waals surface area contributed by atoms with Gasteiger partial charge in [-0.15, -0.1) is 11.3 Å². The Hall–Kier alpha value is -2.25. The highest BCUT2D eigenvalue weighted by Gasteiger charge is 2.21. The van der Waals surface area contributed by atoms with Gasteiger partial charge in [0.05, 0.1) is 11.2 Å². The summed E-state index contributed by atoms with van der Waals surface area (Å²) in [5, 5.41) is 7.34. The second-order valence-corrected chi connectivity index (χ2v) is 6.73. The molecule has 7 heteroatoms. The van der Waals surface area contributed by atoms with Crippen LogP contribution in [0.25, 0.3) is 5.65 Å². The molecule has 0 aliphatic carbocycles. The fourth-order valence-electron chi connectivity index (χ4n) is 2.78. The Morgan fingerprint density at radius 3 is 3.26 bits per heavy atom. The number of nitrogens with one attached hydrogen (secondary N) is 2. The summed E-state index contributed by atoms with van der Waals surface area (Å²) in [6, 6.07) is 3.96. The van der Waals surface area contributed by atoms with Gasteiger partial charge in [-0.3, -0.25) is 4.79 Å². The number of carbonyl (C=O) groups is 1. The van der Waals surface area contributed by atoms with E-state index in [0.29, 0.717) is 17.3 Å². The summed E-state index contributed by atoms with van der Waals surface area (Å²) >= 11 is 1.50. The Kier molecular flexibility index (Phi) is 3.80. The Morgan fingerprint density at radius 2 is 2.39 bits per heavy atom. The number of aromatic nitrogens is 3. The van der Waals surface area contributed by atoms with E-state index in [9.17, 15) is 4.79 Å². The molecule has 118 valence electrons. The number of imidazole rings is 1. The first kappa shape index (κ1) is 14.3. The van der Waals surface area contributed by atoms with Crippen LogP contribution >= 0.6 is 11.3 Å². The summed E-state index contributed by atoms with van der Waals surface area (Å²) < 4.78 is 1.94. The fourth-order valence-corrected chi connectivity index (χ4v) is 3.75. The second-order valence-electron chi connectivity index (χ2n) is 5.66. The van der Waals surface area contributed by atoms with Crippen LogP contribution < -0.4 is 10.6 Å². The van der Waals surface area contributed by atoms with E-state index < -0.39 is 0 Å². The van der Waals surface area contributed by atoms with E-state index in [1.54, 1.807) is 12.4 Å². The smallest absolute Gasteiger partial charge is 0.263 e. The van der Waals surface area contributed by atoms with Gasteiger partial charge in [-0.2, -0.15) is 0 Å². The molecule has 0 aromatic carbocycles. The van der Waals surface area contributed by atoms with Crippen LogP contribution in [-0.2, 0) is 6.54 Å². The first-order chi connectivity index (χ1) is 11.3. The van der Waals surface area contributed by atoms with Crippen LogP contribution in [0.15, 0.2) is 36.9 Å². The largest absolute Gasteiger partial charge is 0.347 e. The van der Waals surface area contributed by atoms with Gasteiger partial charge in [-0.1, -0.05) is 0 Å².